The van der Waals surface area contributed by atoms with Crippen LogP contribution in [0.15, 0.2) is 18.2 Å². The summed E-state index contributed by atoms with van der Waals surface area (Å²) in [6.45, 7) is 8.32. The largest absolute Gasteiger partial charge is 0.348 e. The molecule has 0 radical (unpaired) electrons. The van der Waals surface area contributed by atoms with Gasteiger partial charge in [-0.25, -0.2) is 4.68 Å². The lowest BCUT2D eigenvalue weighted by Crippen LogP contribution is -2.48. The number of amides is 1. The summed E-state index contributed by atoms with van der Waals surface area (Å²) in [5.41, 5.74) is 6.50. The Hall–Kier alpha value is -2.14. The van der Waals surface area contributed by atoms with Crippen LogP contribution in [0.5, 0.6) is 0 Å². The molecule has 2 unspecified atom stereocenters. The summed E-state index contributed by atoms with van der Waals surface area (Å²) in [6, 6.07) is 6.63. The molecule has 0 bridgehead atoms. The molecule has 2 heterocycles. The molecule has 4 rings (SSSR count). The minimum atomic E-state index is -0.00888. The summed E-state index contributed by atoms with van der Waals surface area (Å²) in [5.74, 6) is 0.438. The van der Waals surface area contributed by atoms with Gasteiger partial charge >= 0.3 is 0 Å². The molecule has 5 heteroatoms. The number of carbonyl (C=O) groups is 1. The third-order valence-corrected chi connectivity index (χ3v) is 5.83. The number of hydrogen-bond donors (Lipinski definition) is 2. The Kier molecular flexibility index (Phi) is 4.57. The second kappa shape index (κ2) is 6.88. The Morgan fingerprint density at radius 3 is 2.92 bits per heavy atom. The number of nitrogens with one attached hydrogen (secondary N) is 2. The number of rotatable bonds is 3. The van der Waals surface area contributed by atoms with Crippen molar-refractivity contribution in [3.63, 3.8) is 0 Å². The number of carbonyl (C=O) groups excluding carboxylic acids is 1. The first-order valence-corrected chi connectivity index (χ1v) is 9.74. The predicted molar refractivity (Wildman–Crippen MR) is 103 cm³/mol. The van der Waals surface area contributed by atoms with E-state index in [4.69, 9.17) is 5.10 Å². The van der Waals surface area contributed by atoms with Crippen LogP contribution in [-0.4, -0.2) is 34.8 Å². The molecule has 1 fully saturated rings. The molecule has 2 atom stereocenters. The van der Waals surface area contributed by atoms with E-state index in [1.165, 1.54) is 16.8 Å². The van der Waals surface area contributed by atoms with Gasteiger partial charge in [-0.1, -0.05) is 24.6 Å². The lowest BCUT2D eigenvalue weighted by molar-refractivity contribution is 0.0907. The van der Waals surface area contributed by atoms with Gasteiger partial charge < -0.3 is 10.6 Å². The van der Waals surface area contributed by atoms with E-state index >= 15 is 0 Å². The highest BCUT2D eigenvalue weighted by atomic mass is 16.2. The quantitative estimate of drug-likeness (QED) is 0.893. The predicted octanol–water partition coefficient (Wildman–Crippen LogP) is 2.71. The Morgan fingerprint density at radius 1 is 1.31 bits per heavy atom. The molecule has 138 valence electrons. The minimum absolute atomic E-state index is 0.00888. The van der Waals surface area contributed by atoms with Gasteiger partial charge in [0.1, 0.15) is 0 Å². The van der Waals surface area contributed by atoms with E-state index in [0.717, 1.165) is 50.0 Å². The molecule has 1 aromatic carbocycles. The molecule has 1 aliphatic heterocycles. The van der Waals surface area contributed by atoms with Gasteiger partial charge in [0.05, 0.1) is 5.69 Å². The first-order chi connectivity index (χ1) is 12.5. The van der Waals surface area contributed by atoms with E-state index in [0.29, 0.717) is 11.6 Å². The van der Waals surface area contributed by atoms with Gasteiger partial charge in [0, 0.05) is 17.3 Å². The van der Waals surface area contributed by atoms with Crippen molar-refractivity contribution in [3.8, 4) is 5.69 Å². The van der Waals surface area contributed by atoms with Gasteiger partial charge in [0.15, 0.2) is 5.69 Å². The second-order valence-electron chi connectivity index (χ2n) is 7.88. The molecule has 0 spiro atoms. The molecule has 1 amide bonds. The minimum Gasteiger partial charge on any atom is -0.348 e. The fourth-order valence-corrected chi connectivity index (χ4v) is 4.33. The van der Waals surface area contributed by atoms with Gasteiger partial charge in [0.25, 0.3) is 5.91 Å². The zero-order valence-electron chi connectivity index (χ0n) is 15.9. The smallest absolute Gasteiger partial charge is 0.272 e. The van der Waals surface area contributed by atoms with Gasteiger partial charge in [-0.2, -0.15) is 5.10 Å². The molecule has 2 N–H and O–H groups in total. The lowest BCUT2D eigenvalue weighted by atomic mass is 9.95. The summed E-state index contributed by atoms with van der Waals surface area (Å²) in [6.07, 6.45) is 4.02. The number of piperidine rings is 1. The van der Waals surface area contributed by atoms with Crippen LogP contribution in [-0.2, 0) is 12.8 Å². The van der Waals surface area contributed by atoms with Crippen molar-refractivity contribution in [1.29, 1.82) is 0 Å². The fourth-order valence-electron chi connectivity index (χ4n) is 4.33. The van der Waals surface area contributed by atoms with E-state index < -0.39 is 0 Å². The molecule has 2 aromatic rings. The number of benzene rings is 1. The molecule has 26 heavy (non-hydrogen) atoms. The zero-order valence-corrected chi connectivity index (χ0v) is 15.9. The normalized spacial score (nSPS) is 22.3. The second-order valence-corrected chi connectivity index (χ2v) is 7.88. The van der Waals surface area contributed by atoms with E-state index in [9.17, 15) is 4.79 Å². The molecule has 2 aliphatic rings. The highest BCUT2D eigenvalue weighted by Gasteiger charge is 2.30. The van der Waals surface area contributed by atoms with E-state index in [1.54, 1.807) is 0 Å². The Bertz CT molecular complexity index is 839. The van der Waals surface area contributed by atoms with E-state index in [2.05, 4.69) is 49.6 Å². The average molecular weight is 352 g/mol. The Balaban J connectivity index is 1.66. The standard InChI is InChI=1S/C21H28N4O/c1-13-7-8-18(14(2)11-13)25-19-6-4-5-16(19)20(24-25)21(26)23-17-9-10-22-12-15(17)3/h7-8,11,15,17,22H,4-6,9-10,12H2,1-3H3,(H,23,26). The van der Waals surface area contributed by atoms with Crippen LogP contribution in [0.25, 0.3) is 5.69 Å². The number of hydrogen-bond acceptors (Lipinski definition) is 3. The monoisotopic (exact) mass is 352 g/mol. The van der Waals surface area contributed by atoms with Crippen LogP contribution in [0.1, 0.15) is 52.6 Å². The van der Waals surface area contributed by atoms with Gasteiger partial charge in [0.2, 0.25) is 0 Å². The maximum Gasteiger partial charge on any atom is 0.272 e. The molecule has 0 saturated carbocycles. The molecule has 5 nitrogen and oxygen atoms in total. The van der Waals surface area contributed by atoms with Crippen LogP contribution >= 0.6 is 0 Å². The molecular formula is C21H28N4O. The SMILES string of the molecule is Cc1ccc(-n2nc(C(=O)NC3CCNCC3C)c3c2CCC3)c(C)c1. The zero-order chi connectivity index (χ0) is 18.3. The number of fused-ring (bicyclic) bond motifs is 1. The van der Waals surface area contributed by atoms with Gasteiger partial charge in [-0.3, -0.25) is 4.79 Å². The van der Waals surface area contributed by atoms with Crippen LogP contribution in [0.2, 0.25) is 0 Å². The molecule has 1 aromatic heterocycles. The van der Waals surface area contributed by atoms with Crippen molar-refractivity contribution in [2.24, 2.45) is 5.92 Å². The van der Waals surface area contributed by atoms with E-state index in [1.807, 2.05) is 4.68 Å². The third-order valence-electron chi connectivity index (χ3n) is 5.83. The van der Waals surface area contributed by atoms with Crippen molar-refractivity contribution in [3.05, 3.63) is 46.3 Å². The summed E-state index contributed by atoms with van der Waals surface area (Å²) in [4.78, 5) is 13.0. The van der Waals surface area contributed by atoms with Crippen LogP contribution in [0.4, 0.5) is 0 Å². The first-order valence-electron chi connectivity index (χ1n) is 9.74. The van der Waals surface area contributed by atoms with E-state index in [-0.39, 0.29) is 11.9 Å². The van der Waals surface area contributed by atoms with Gasteiger partial charge in [-0.05, 0) is 70.2 Å². The Labute approximate surface area is 155 Å². The van der Waals surface area contributed by atoms with Crippen LogP contribution < -0.4 is 10.6 Å². The number of aromatic nitrogens is 2. The van der Waals surface area contributed by atoms with Crippen molar-refractivity contribution >= 4 is 5.91 Å². The Morgan fingerprint density at radius 2 is 2.15 bits per heavy atom. The summed E-state index contributed by atoms with van der Waals surface area (Å²) in [5, 5.41) is 11.4. The summed E-state index contributed by atoms with van der Waals surface area (Å²) < 4.78 is 2.01. The first kappa shape index (κ1) is 17.3. The highest BCUT2D eigenvalue weighted by Crippen LogP contribution is 2.29. The topological polar surface area (TPSA) is 59.0 Å². The third kappa shape index (κ3) is 3.05. The number of aryl methyl sites for hydroxylation is 2. The van der Waals surface area contributed by atoms with Gasteiger partial charge in [-0.15, -0.1) is 0 Å². The van der Waals surface area contributed by atoms with Crippen molar-refractivity contribution in [1.82, 2.24) is 20.4 Å². The van der Waals surface area contributed by atoms with Crippen LogP contribution in [0.3, 0.4) is 0 Å². The average Bonchev–Trinajstić information content (AvgIpc) is 3.20. The lowest BCUT2D eigenvalue weighted by Gasteiger charge is -2.30. The highest BCUT2D eigenvalue weighted by molar-refractivity contribution is 5.94. The van der Waals surface area contributed by atoms with Crippen LogP contribution in [0, 0.1) is 19.8 Å². The summed E-state index contributed by atoms with van der Waals surface area (Å²) >= 11 is 0. The number of nitrogens with zero attached hydrogens (tertiary/aromatic N) is 2. The van der Waals surface area contributed by atoms with Crippen molar-refractivity contribution < 1.29 is 4.79 Å². The molecule has 1 aliphatic carbocycles. The molecular weight excluding hydrogens is 324 g/mol. The molecule has 1 saturated heterocycles. The summed E-state index contributed by atoms with van der Waals surface area (Å²) in [7, 11) is 0. The van der Waals surface area contributed by atoms with Crippen molar-refractivity contribution in [2.75, 3.05) is 13.1 Å². The maximum atomic E-state index is 13.0. The fraction of sp³-hybridized carbons (Fsp3) is 0.524. The maximum absolute atomic E-state index is 13.0. The van der Waals surface area contributed by atoms with Crippen molar-refractivity contribution in [2.45, 2.75) is 52.5 Å².